The maximum atomic E-state index is 6.50. The van der Waals surface area contributed by atoms with Crippen molar-refractivity contribution in [3.05, 3.63) is 210 Å². The van der Waals surface area contributed by atoms with E-state index in [-0.39, 0.29) is 16.2 Å². The maximum Gasteiger partial charge on any atom is 0.137 e. The number of aromatic nitrogens is 1. The highest BCUT2D eigenvalue weighted by Gasteiger charge is 2.42. The zero-order chi connectivity index (χ0) is 50.9. The lowest BCUT2D eigenvalue weighted by atomic mass is 9.81. The molecule has 1 aliphatic rings. The Morgan fingerprint density at radius 3 is 1.43 bits per heavy atom. The fourth-order valence-corrected chi connectivity index (χ4v) is 13.8. The van der Waals surface area contributed by atoms with Gasteiger partial charge in [0, 0.05) is 99.6 Å². The van der Waals surface area contributed by atoms with Crippen LogP contribution in [0.15, 0.2) is 197 Å². The molecule has 15 rings (SSSR count). The molecule has 0 aliphatic heterocycles. The normalized spacial score (nSPS) is 13.7. The van der Waals surface area contributed by atoms with Crippen LogP contribution in [-0.4, -0.2) is 4.40 Å². The fourth-order valence-electron chi connectivity index (χ4n) is 12.6. The van der Waals surface area contributed by atoms with E-state index in [2.05, 4.69) is 246 Å². The highest BCUT2D eigenvalue weighted by Crippen LogP contribution is 2.58. The molecule has 75 heavy (non-hydrogen) atoms. The lowest BCUT2D eigenvalue weighted by molar-refractivity contribution is 0.590. The second-order valence-electron chi connectivity index (χ2n) is 23.4. The molecule has 5 nitrogen and oxygen atoms in total. The van der Waals surface area contributed by atoms with Crippen LogP contribution in [0.2, 0.25) is 0 Å². The van der Waals surface area contributed by atoms with E-state index in [0.29, 0.717) is 0 Å². The van der Waals surface area contributed by atoms with Crippen molar-refractivity contribution in [2.24, 2.45) is 0 Å². The molecule has 0 unspecified atom stereocenters. The molecular weight excluding hydrogens is 935 g/mol. The molecule has 14 aromatic rings. The second-order valence-corrected chi connectivity index (χ2v) is 24.5. The number of para-hydroxylation sites is 3. The summed E-state index contributed by atoms with van der Waals surface area (Å²) >= 11 is 1.91. The highest BCUT2D eigenvalue weighted by molar-refractivity contribution is 7.26. The van der Waals surface area contributed by atoms with E-state index in [1.807, 2.05) is 23.5 Å². The Morgan fingerprint density at radius 1 is 0.413 bits per heavy atom. The van der Waals surface area contributed by atoms with Crippen molar-refractivity contribution < 1.29 is 8.83 Å². The summed E-state index contributed by atoms with van der Waals surface area (Å²) in [6.07, 6.45) is 0. The molecule has 0 saturated heterocycles. The quantitative estimate of drug-likeness (QED) is 0.166. The van der Waals surface area contributed by atoms with Gasteiger partial charge >= 0.3 is 0 Å². The number of thiophene rings is 1. The Labute approximate surface area is 439 Å². The minimum atomic E-state index is -0.284. The summed E-state index contributed by atoms with van der Waals surface area (Å²) in [5, 5.41) is 8.41. The molecule has 364 valence electrons. The molecule has 1 aliphatic carbocycles. The number of benzene rings is 9. The van der Waals surface area contributed by atoms with E-state index in [1.165, 1.54) is 70.1 Å². The minimum absolute atomic E-state index is 0.0353. The first-order valence-electron chi connectivity index (χ1n) is 26.2. The van der Waals surface area contributed by atoms with Gasteiger partial charge in [0.1, 0.15) is 22.3 Å². The van der Waals surface area contributed by atoms with Crippen LogP contribution >= 0.6 is 11.3 Å². The van der Waals surface area contributed by atoms with E-state index < -0.39 is 0 Å². The Bertz CT molecular complexity index is 4640. The average molecular weight is 990 g/mol. The number of nitrogens with zero attached hydrogens (tertiary/aromatic N) is 3. The third-order valence-electron chi connectivity index (χ3n) is 16.4. The van der Waals surface area contributed by atoms with Crippen LogP contribution in [0.1, 0.15) is 77.6 Å². The van der Waals surface area contributed by atoms with Gasteiger partial charge in [-0.3, -0.25) is 0 Å². The van der Waals surface area contributed by atoms with E-state index in [4.69, 9.17) is 8.83 Å². The molecular formula is C69H55N3O2S. The molecule has 0 spiro atoms. The topological polar surface area (TPSA) is 37.2 Å². The number of rotatable bonds is 6. The van der Waals surface area contributed by atoms with Gasteiger partial charge < -0.3 is 23.0 Å². The number of anilines is 6. The molecule has 0 atom stereocenters. The third kappa shape index (κ3) is 6.42. The van der Waals surface area contributed by atoms with Gasteiger partial charge in [0.25, 0.3) is 0 Å². The average Bonchev–Trinajstić information content (AvgIpc) is 4.28. The van der Waals surface area contributed by atoms with Crippen LogP contribution in [0.25, 0.3) is 91.7 Å². The van der Waals surface area contributed by atoms with Gasteiger partial charge in [0.15, 0.2) is 0 Å². The van der Waals surface area contributed by atoms with Gasteiger partial charge in [0.05, 0.1) is 21.4 Å². The van der Waals surface area contributed by atoms with Gasteiger partial charge in [-0.2, -0.15) is 0 Å². The first-order chi connectivity index (χ1) is 36.2. The largest absolute Gasteiger partial charge is 0.456 e. The summed E-state index contributed by atoms with van der Waals surface area (Å²) in [7, 11) is 0. The van der Waals surface area contributed by atoms with Gasteiger partial charge in [-0.25, -0.2) is 0 Å². The predicted molar refractivity (Wildman–Crippen MR) is 318 cm³/mol. The van der Waals surface area contributed by atoms with Crippen LogP contribution in [0.4, 0.5) is 34.1 Å². The van der Waals surface area contributed by atoms with Crippen LogP contribution < -0.4 is 9.80 Å². The standard InChI is InChI=1S/C69H55N3O2S/c1-67(2,3)40-20-24-42(25-21-40)70(45-28-32-50-48-14-9-11-18-57(48)73-59(50)37-45)44-30-34-52-56(36-44)69(7,8)62-54-16-13-17-55-63(54)72(64(52)62)65-53-35-31-47(39-61(53)75-66(55)65)71(43-26-22-41(23-27-43)68(4,5)6)46-29-33-51-49-15-10-12-19-58(49)74-60(51)38-46/h9-39H,1-8H3. The Balaban J connectivity index is 0.895. The summed E-state index contributed by atoms with van der Waals surface area (Å²) in [5.41, 5.74) is 20.4. The summed E-state index contributed by atoms with van der Waals surface area (Å²) in [6, 6.07) is 69.4. The number of hydrogen-bond donors (Lipinski definition) is 0. The van der Waals surface area contributed by atoms with E-state index in [0.717, 1.165) is 78.0 Å². The number of furan rings is 2. The summed E-state index contributed by atoms with van der Waals surface area (Å²) in [6.45, 7) is 18.5. The van der Waals surface area contributed by atoms with Crippen molar-refractivity contribution in [2.75, 3.05) is 9.80 Å². The summed E-state index contributed by atoms with van der Waals surface area (Å²) in [4.78, 5) is 4.79. The summed E-state index contributed by atoms with van der Waals surface area (Å²) in [5.74, 6) is 0. The van der Waals surface area contributed by atoms with Crippen molar-refractivity contribution in [1.82, 2.24) is 4.40 Å². The van der Waals surface area contributed by atoms with E-state index in [1.54, 1.807) is 0 Å². The van der Waals surface area contributed by atoms with Gasteiger partial charge in [-0.15, -0.1) is 11.3 Å². The van der Waals surface area contributed by atoms with Crippen molar-refractivity contribution >= 4 is 126 Å². The number of hydrogen-bond acceptors (Lipinski definition) is 5. The molecule has 5 heterocycles. The molecule has 0 amide bonds. The Morgan fingerprint density at radius 2 is 0.867 bits per heavy atom. The highest BCUT2D eigenvalue weighted by atomic mass is 32.1. The fraction of sp³-hybridized carbons (Fsp3) is 0.159. The minimum Gasteiger partial charge on any atom is -0.456 e. The van der Waals surface area contributed by atoms with Crippen molar-refractivity contribution in [3.8, 4) is 11.3 Å². The molecule has 0 radical (unpaired) electrons. The first-order valence-corrected chi connectivity index (χ1v) is 27.0. The molecule has 0 bridgehead atoms. The first kappa shape index (κ1) is 44.2. The van der Waals surface area contributed by atoms with Crippen LogP contribution in [-0.2, 0) is 16.2 Å². The molecule has 9 aromatic carbocycles. The molecule has 0 N–H and O–H groups in total. The molecule has 0 fully saturated rings. The Hall–Kier alpha value is -8.32. The van der Waals surface area contributed by atoms with Crippen molar-refractivity contribution in [1.29, 1.82) is 0 Å². The maximum absolute atomic E-state index is 6.50. The third-order valence-corrected chi connectivity index (χ3v) is 17.6. The lowest BCUT2D eigenvalue weighted by Gasteiger charge is -2.29. The van der Waals surface area contributed by atoms with Crippen molar-refractivity contribution in [2.45, 2.75) is 71.6 Å². The lowest BCUT2D eigenvalue weighted by Crippen LogP contribution is -2.17. The Kier molecular flexibility index (Phi) is 9.06. The van der Waals surface area contributed by atoms with Gasteiger partial charge in [-0.05, 0) is 124 Å². The van der Waals surface area contributed by atoms with Crippen LogP contribution in [0.5, 0.6) is 0 Å². The zero-order valence-corrected chi connectivity index (χ0v) is 44.3. The second kappa shape index (κ2) is 15.4. The molecule has 0 saturated carbocycles. The van der Waals surface area contributed by atoms with E-state index in [9.17, 15) is 0 Å². The molecule has 5 aromatic heterocycles. The monoisotopic (exact) mass is 989 g/mol. The van der Waals surface area contributed by atoms with Gasteiger partial charge in [0.2, 0.25) is 0 Å². The smallest absolute Gasteiger partial charge is 0.137 e. The van der Waals surface area contributed by atoms with Crippen LogP contribution in [0, 0.1) is 0 Å². The van der Waals surface area contributed by atoms with Crippen molar-refractivity contribution in [3.63, 3.8) is 0 Å². The van der Waals surface area contributed by atoms with Crippen LogP contribution in [0.3, 0.4) is 0 Å². The number of fused-ring (bicyclic) bond motifs is 16. The van der Waals surface area contributed by atoms with E-state index >= 15 is 0 Å². The SMILES string of the molecule is CC(C)(C)c1ccc(N(c2ccc3c(c2)C(C)(C)c2c-3n3c4c2cccc4c2sc4cc(N(c5ccc(C(C)(C)C)cc5)c5ccc6c(c5)oc5ccccc56)ccc4c23)c2ccc3c(c2)oc2ccccc23)cc1. The summed E-state index contributed by atoms with van der Waals surface area (Å²) < 4.78 is 18.2. The molecule has 6 heteroatoms. The predicted octanol–water partition coefficient (Wildman–Crippen LogP) is 20.5. The van der Waals surface area contributed by atoms with Gasteiger partial charge in [-0.1, -0.05) is 140 Å². The zero-order valence-electron chi connectivity index (χ0n) is 43.5.